The molecule has 2 rings (SSSR count). The molecule has 112 valence electrons. The molecule has 0 aliphatic rings. The van der Waals surface area contributed by atoms with Crippen molar-refractivity contribution in [1.82, 2.24) is 10.2 Å². The highest BCUT2D eigenvalue weighted by Gasteiger charge is 2.35. The smallest absolute Gasteiger partial charge is 0.360 e. The van der Waals surface area contributed by atoms with E-state index in [1.54, 1.807) is 12.1 Å². The molecule has 1 aromatic heterocycles. The lowest BCUT2D eigenvalue weighted by atomic mass is 10.1. The SMILES string of the molecule is O=[N+]([O-])c1ccc(CCNc2nnc(C(F)(F)F)s2)cc1. The van der Waals surface area contributed by atoms with Crippen LogP contribution < -0.4 is 5.32 Å². The molecule has 2 aromatic rings. The predicted molar refractivity (Wildman–Crippen MR) is 70.2 cm³/mol. The van der Waals surface area contributed by atoms with Crippen LogP contribution in [0.3, 0.4) is 0 Å². The van der Waals surface area contributed by atoms with Gasteiger partial charge in [-0.1, -0.05) is 23.5 Å². The van der Waals surface area contributed by atoms with Gasteiger partial charge in [-0.15, -0.1) is 10.2 Å². The van der Waals surface area contributed by atoms with Crippen LogP contribution in [0.15, 0.2) is 24.3 Å². The van der Waals surface area contributed by atoms with E-state index >= 15 is 0 Å². The Hall–Kier alpha value is -2.23. The lowest BCUT2D eigenvalue weighted by Crippen LogP contribution is -2.04. The zero-order chi connectivity index (χ0) is 15.5. The van der Waals surface area contributed by atoms with Gasteiger partial charge in [-0.3, -0.25) is 10.1 Å². The van der Waals surface area contributed by atoms with E-state index in [0.29, 0.717) is 24.3 Å². The summed E-state index contributed by atoms with van der Waals surface area (Å²) >= 11 is 0.434. The zero-order valence-corrected chi connectivity index (χ0v) is 11.2. The molecule has 0 saturated heterocycles. The molecule has 0 amide bonds. The number of nitro benzene ring substituents is 1. The monoisotopic (exact) mass is 318 g/mol. The van der Waals surface area contributed by atoms with Gasteiger partial charge in [-0.2, -0.15) is 13.2 Å². The number of non-ortho nitro benzene ring substituents is 1. The third kappa shape index (κ3) is 4.12. The highest BCUT2D eigenvalue weighted by atomic mass is 32.1. The Bertz CT molecular complexity index is 627. The van der Waals surface area contributed by atoms with Crippen molar-refractivity contribution in [2.45, 2.75) is 12.6 Å². The molecule has 0 spiro atoms. The van der Waals surface area contributed by atoms with E-state index in [9.17, 15) is 23.3 Å². The maximum Gasteiger partial charge on any atom is 0.445 e. The number of anilines is 1. The number of rotatable bonds is 5. The number of hydrogen-bond donors (Lipinski definition) is 1. The first-order valence-corrected chi connectivity index (χ1v) is 6.56. The summed E-state index contributed by atoms with van der Waals surface area (Å²) in [6.07, 6.45) is -3.99. The highest BCUT2D eigenvalue weighted by Crippen LogP contribution is 2.32. The van der Waals surface area contributed by atoms with Crippen LogP contribution >= 0.6 is 11.3 Å². The van der Waals surface area contributed by atoms with Crippen molar-refractivity contribution in [3.63, 3.8) is 0 Å². The van der Waals surface area contributed by atoms with Crippen LogP contribution in [0.4, 0.5) is 24.0 Å². The standard InChI is InChI=1S/C11H9F3N4O2S/c12-11(13,14)9-16-17-10(21-9)15-6-5-7-1-3-8(4-2-7)18(19)20/h1-4H,5-6H2,(H,15,17). The van der Waals surface area contributed by atoms with Crippen LogP contribution in [-0.2, 0) is 12.6 Å². The van der Waals surface area contributed by atoms with Crippen molar-refractivity contribution in [2.24, 2.45) is 0 Å². The van der Waals surface area contributed by atoms with E-state index in [4.69, 9.17) is 0 Å². The molecular formula is C11H9F3N4O2S. The largest absolute Gasteiger partial charge is 0.445 e. The lowest BCUT2D eigenvalue weighted by molar-refractivity contribution is -0.384. The van der Waals surface area contributed by atoms with Gasteiger partial charge < -0.3 is 5.32 Å². The summed E-state index contributed by atoms with van der Waals surface area (Å²) < 4.78 is 36.9. The Morgan fingerprint density at radius 3 is 2.43 bits per heavy atom. The Morgan fingerprint density at radius 2 is 1.90 bits per heavy atom. The van der Waals surface area contributed by atoms with Gasteiger partial charge in [0.1, 0.15) is 0 Å². The van der Waals surface area contributed by atoms with E-state index in [2.05, 4.69) is 15.5 Å². The maximum absolute atomic E-state index is 12.3. The molecular weight excluding hydrogens is 309 g/mol. The fourth-order valence-electron chi connectivity index (χ4n) is 1.51. The first-order valence-electron chi connectivity index (χ1n) is 5.74. The van der Waals surface area contributed by atoms with Crippen LogP contribution in [0.5, 0.6) is 0 Å². The Morgan fingerprint density at radius 1 is 1.24 bits per heavy atom. The Labute approximate surface area is 120 Å². The minimum atomic E-state index is -4.49. The van der Waals surface area contributed by atoms with Crippen LogP contribution in [-0.4, -0.2) is 21.7 Å². The van der Waals surface area contributed by atoms with Crippen molar-refractivity contribution in [2.75, 3.05) is 11.9 Å². The van der Waals surface area contributed by atoms with Crippen molar-refractivity contribution in [3.05, 3.63) is 45.0 Å². The fraction of sp³-hybridized carbons (Fsp3) is 0.273. The molecule has 0 radical (unpaired) electrons. The quantitative estimate of drug-likeness (QED) is 0.676. The Kier molecular flexibility index (Phi) is 4.36. The van der Waals surface area contributed by atoms with E-state index in [-0.39, 0.29) is 10.8 Å². The van der Waals surface area contributed by atoms with Crippen LogP contribution in [0.25, 0.3) is 0 Å². The first kappa shape index (κ1) is 15.2. The number of halogens is 3. The first-order chi connectivity index (χ1) is 9.86. The molecule has 10 heteroatoms. The van der Waals surface area contributed by atoms with E-state index in [1.165, 1.54) is 12.1 Å². The number of nitrogens with zero attached hydrogens (tertiary/aromatic N) is 3. The summed E-state index contributed by atoms with van der Waals surface area (Å²) in [6, 6.07) is 5.95. The summed E-state index contributed by atoms with van der Waals surface area (Å²) in [4.78, 5) is 9.98. The van der Waals surface area contributed by atoms with Crippen LogP contribution in [0.2, 0.25) is 0 Å². The van der Waals surface area contributed by atoms with E-state index in [1.807, 2.05) is 0 Å². The number of nitro groups is 1. The van der Waals surface area contributed by atoms with Gasteiger partial charge in [-0.05, 0) is 12.0 Å². The van der Waals surface area contributed by atoms with Crippen molar-refractivity contribution in [1.29, 1.82) is 0 Å². The van der Waals surface area contributed by atoms with Crippen molar-refractivity contribution >= 4 is 22.2 Å². The molecule has 0 fully saturated rings. The number of hydrogen-bond acceptors (Lipinski definition) is 6. The number of aromatic nitrogens is 2. The molecule has 1 heterocycles. The molecule has 0 atom stereocenters. The molecule has 21 heavy (non-hydrogen) atoms. The second kappa shape index (κ2) is 6.04. The fourth-order valence-corrected chi connectivity index (χ4v) is 2.14. The second-order valence-electron chi connectivity index (χ2n) is 4.01. The zero-order valence-electron chi connectivity index (χ0n) is 10.4. The van der Waals surface area contributed by atoms with Gasteiger partial charge in [0.05, 0.1) is 4.92 Å². The number of alkyl halides is 3. The van der Waals surface area contributed by atoms with Crippen molar-refractivity contribution < 1.29 is 18.1 Å². The second-order valence-corrected chi connectivity index (χ2v) is 4.99. The van der Waals surface area contributed by atoms with Gasteiger partial charge >= 0.3 is 6.18 Å². The third-order valence-electron chi connectivity index (χ3n) is 2.50. The summed E-state index contributed by atoms with van der Waals surface area (Å²) in [6.45, 7) is 0.351. The summed E-state index contributed by atoms with van der Waals surface area (Å²) in [7, 11) is 0. The van der Waals surface area contributed by atoms with Crippen LogP contribution in [0.1, 0.15) is 10.6 Å². The van der Waals surface area contributed by atoms with Crippen molar-refractivity contribution in [3.8, 4) is 0 Å². The molecule has 6 nitrogen and oxygen atoms in total. The van der Waals surface area contributed by atoms with Gasteiger partial charge in [0.15, 0.2) is 0 Å². The van der Waals surface area contributed by atoms with E-state index < -0.39 is 16.1 Å². The van der Waals surface area contributed by atoms with Gasteiger partial charge in [0, 0.05) is 18.7 Å². The number of nitrogens with one attached hydrogen (secondary N) is 1. The van der Waals surface area contributed by atoms with E-state index in [0.717, 1.165) is 5.56 Å². The average Bonchev–Trinajstić information content (AvgIpc) is 2.88. The number of benzene rings is 1. The minimum Gasteiger partial charge on any atom is -0.360 e. The molecule has 1 N–H and O–H groups in total. The maximum atomic E-state index is 12.3. The van der Waals surface area contributed by atoms with Gasteiger partial charge in [0.25, 0.3) is 5.69 Å². The molecule has 0 saturated carbocycles. The third-order valence-corrected chi connectivity index (χ3v) is 3.43. The summed E-state index contributed by atoms with van der Waals surface area (Å²) in [5.41, 5.74) is 0.819. The topological polar surface area (TPSA) is 81.0 Å². The highest BCUT2D eigenvalue weighted by molar-refractivity contribution is 7.15. The van der Waals surface area contributed by atoms with Gasteiger partial charge in [0.2, 0.25) is 10.1 Å². The Balaban J connectivity index is 1.86. The summed E-state index contributed by atoms with van der Waals surface area (Å²) in [5.74, 6) is 0. The molecule has 0 aliphatic carbocycles. The molecule has 0 unspecified atom stereocenters. The predicted octanol–water partition coefficient (Wildman–Crippen LogP) is 3.12. The average molecular weight is 318 g/mol. The molecule has 0 bridgehead atoms. The van der Waals surface area contributed by atoms with Gasteiger partial charge in [-0.25, -0.2) is 0 Å². The van der Waals surface area contributed by atoms with Crippen LogP contribution in [0, 0.1) is 10.1 Å². The summed E-state index contributed by atoms with van der Waals surface area (Å²) in [5, 5.41) is 18.8. The lowest BCUT2D eigenvalue weighted by Gasteiger charge is -2.02. The normalized spacial score (nSPS) is 11.4. The molecule has 1 aromatic carbocycles. The minimum absolute atomic E-state index is 0.00866. The molecule has 0 aliphatic heterocycles.